The van der Waals surface area contributed by atoms with Crippen LogP contribution in [0.15, 0.2) is 41.8 Å². The lowest BCUT2D eigenvalue weighted by molar-refractivity contribution is 0.0149. The number of amides is 1. The van der Waals surface area contributed by atoms with E-state index in [1.807, 2.05) is 41.8 Å². The molecule has 24 heavy (non-hydrogen) atoms. The highest BCUT2D eigenvalue weighted by Crippen LogP contribution is 2.27. The minimum Gasteiger partial charge on any atom is -0.390 e. The molecule has 0 aliphatic carbocycles. The number of carbonyl (C=O) groups excluding carboxylic acids is 1. The fraction of sp³-hybridized carbons (Fsp3) is 0.389. The normalized spacial score (nSPS) is 16.7. The lowest BCUT2D eigenvalue weighted by atomic mass is 10.1. The molecule has 1 saturated heterocycles. The van der Waals surface area contributed by atoms with Crippen molar-refractivity contribution in [3.05, 3.63) is 46.7 Å². The Morgan fingerprint density at radius 2 is 2.00 bits per heavy atom. The zero-order chi connectivity index (χ0) is 16.8. The molecule has 1 amide bonds. The highest BCUT2D eigenvalue weighted by Gasteiger charge is 2.18. The lowest BCUT2D eigenvalue weighted by Gasteiger charge is -2.28. The van der Waals surface area contributed by atoms with Crippen LogP contribution >= 0.6 is 11.3 Å². The van der Waals surface area contributed by atoms with Gasteiger partial charge in [0.2, 0.25) is 0 Å². The van der Waals surface area contributed by atoms with E-state index in [1.165, 1.54) is 11.3 Å². The molecule has 1 aliphatic heterocycles. The molecular formula is C18H22N2O3S. The Bertz CT molecular complexity index is 653. The first kappa shape index (κ1) is 17.1. The van der Waals surface area contributed by atoms with Gasteiger partial charge in [0.05, 0.1) is 24.2 Å². The topological polar surface area (TPSA) is 61.8 Å². The number of rotatable bonds is 6. The molecule has 1 unspecified atom stereocenters. The minimum absolute atomic E-state index is 0.134. The minimum atomic E-state index is -0.577. The van der Waals surface area contributed by atoms with Crippen molar-refractivity contribution in [2.24, 2.45) is 0 Å². The highest BCUT2D eigenvalue weighted by atomic mass is 32.1. The quantitative estimate of drug-likeness (QED) is 0.838. The van der Waals surface area contributed by atoms with Gasteiger partial charge in [0.25, 0.3) is 5.91 Å². The molecule has 1 atom stereocenters. The third-order valence-electron chi connectivity index (χ3n) is 4.03. The summed E-state index contributed by atoms with van der Waals surface area (Å²) < 4.78 is 5.29. The Balaban J connectivity index is 1.55. The summed E-state index contributed by atoms with van der Waals surface area (Å²) >= 11 is 1.42. The molecule has 6 heteroatoms. The van der Waals surface area contributed by atoms with Crippen molar-refractivity contribution < 1.29 is 14.6 Å². The smallest absolute Gasteiger partial charge is 0.262 e. The average molecular weight is 346 g/mol. The molecule has 1 aliphatic rings. The summed E-state index contributed by atoms with van der Waals surface area (Å²) in [6.07, 6.45) is -0.577. The van der Waals surface area contributed by atoms with Crippen LogP contribution in [0, 0.1) is 0 Å². The van der Waals surface area contributed by atoms with Gasteiger partial charge in [0.15, 0.2) is 0 Å². The van der Waals surface area contributed by atoms with Crippen molar-refractivity contribution in [2.45, 2.75) is 6.10 Å². The fourth-order valence-corrected chi connectivity index (χ4v) is 3.60. The van der Waals surface area contributed by atoms with Crippen LogP contribution in [-0.4, -0.2) is 61.4 Å². The first-order valence-electron chi connectivity index (χ1n) is 8.13. The number of carbonyl (C=O) groups is 1. The van der Waals surface area contributed by atoms with Crippen LogP contribution in [0.4, 0.5) is 0 Å². The molecule has 0 saturated carbocycles. The molecule has 1 aromatic heterocycles. The molecule has 5 nitrogen and oxygen atoms in total. The van der Waals surface area contributed by atoms with E-state index in [9.17, 15) is 9.90 Å². The molecule has 1 aromatic carbocycles. The van der Waals surface area contributed by atoms with E-state index in [4.69, 9.17) is 4.74 Å². The number of morpholine rings is 1. The highest BCUT2D eigenvalue weighted by molar-refractivity contribution is 7.12. The second-order valence-corrected chi connectivity index (χ2v) is 6.72. The molecule has 2 heterocycles. The third kappa shape index (κ3) is 4.42. The van der Waals surface area contributed by atoms with Crippen LogP contribution in [0.5, 0.6) is 0 Å². The molecule has 2 aromatic rings. The zero-order valence-electron chi connectivity index (χ0n) is 13.5. The van der Waals surface area contributed by atoms with Gasteiger partial charge in [-0.3, -0.25) is 9.69 Å². The molecule has 0 radical (unpaired) electrons. The first-order chi connectivity index (χ1) is 11.7. The van der Waals surface area contributed by atoms with Gasteiger partial charge in [-0.2, -0.15) is 0 Å². The predicted molar refractivity (Wildman–Crippen MR) is 95.4 cm³/mol. The first-order valence-corrected chi connectivity index (χ1v) is 9.01. The Morgan fingerprint density at radius 1 is 1.25 bits per heavy atom. The van der Waals surface area contributed by atoms with E-state index < -0.39 is 6.10 Å². The predicted octanol–water partition coefficient (Wildman–Crippen LogP) is 1.84. The summed E-state index contributed by atoms with van der Waals surface area (Å²) in [5.41, 5.74) is 1.96. The largest absolute Gasteiger partial charge is 0.390 e. The summed E-state index contributed by atoms with van der Waals surface area (Å²) in [7, 11) is 0. The van der Waals surface area contributed by atoms with Crippen molar-refractivity contribution in [2.75, 3.05) is 39.4 Å². The van der Waals surface area contributed by atoms with Gasteiger partial charge < -0.3 is 15.2 Å². The number of benzene rings is 1. The SMILES string of the molecule is O=C(NCC(O)CN1CCOCC1)c1sccc1-c1ccccc1. The second-order valence-electron chi connectivity index (χ2n) is 5.81. The number of nitrogens with zero attached hydrogens (tertiary/aromatic N) is 1. The van der Waals surface area contributed by atoms with Crippen LogP contribution in [0.25, 0.3) is 11.1 Å². The van der Waals surface area contributed by atoms with Gasteiger partial charge in [0, 0.05) is 31.7 Å². The van der Waals surface area contributed by atoms with E-state index in [1.54, 1.807) is 0 Å². The monoisotopic (exact) mass is 346 g/mol. The van der Waals surface area contributed by atoms with Crippen LogP contribution in [0.1, 0.15) is 9.67 Å². The molecular weight excluding hydrogens is 324 g/mol. The molecule has 1 fully saturated rings. The number of aliphatic hydroxyl groups excluding tert-OH is 1. The van der Waals surface area contributed by atoms with E-state index in [2.05, 4.69) is 10.2 Å². The van der Waals surface area contributed by atoms with Crippen molar-refractivity contribution in [3.8, 4) is 11.1 Å². The van der Waals surface area contributed by atoms with Gasteiger partial charge in [-0.15, -0.1) is 11.3 Å². The molecule has 2 N–H and O–H groups in total. The number of β-amino-alcohol motifs (C(OH)–C–C–N with tert-alkyl or cyclic N) is 1. The van der Waals surface area contributed by atoms with E-state index >= 15 is 0 Å². The van der Waals surface area contributed by atoms with Crippen LogP contribution in [0.3, 0.4) is 0 Å². The molecule has 0 bridgehead atoms. The molecule has 3 rings (SSSR count). The number of nitrogens with one attached hydrogen (secondary N) is 1. The average Bonchev–Trinajstić information content (AvgIpc) is 3.11. The van der Waals surface area contributed by atoms with Gasteiger partial charge in [-0.05, 0) is 17.0 Å². The maximum absolute atomic E-state index is 12.5. The Kier molecular flexibility index (Phi) is 5.98. The van der Waals surface area contributed by atoms with Crippen molar-refractivity contribution in [1.82, 2.24) is 10.2 Å². The van der Waals surface area contributed by atoms with Gasteiger partial charge in [0.1, 0.15) is 0 Å². The van der Waals surface area contributed by atoms with Crippen LogP contribution in [-0.2, 0) is 4.74 Å². The number of ether oxygens (including phenoxy) is 1. The summed E-state index contributed by atoms with van der Waals surface area (Å²) in [5.74, 6) is -0.134. The van der Waals surface area contributed by atoms with Crippen LogP contribution < -0.4 is 5.32 Å². The summed E-state index contributed by atoms with van der Waals surface area (Å²) in [4.78, 5) is 15.3. The fourth-order valence-electron chi connectivity index (χ4n) is 2.77. The standard InChI is InChI=1S/C18H22N2O3S/c21-15(13-20-7-9-23-10-8-20)12-19-18(22)17-16(6-11-24-17)14-4-2-1-3-5-14/h1-6,11,15,21H,7-10,12-13H2,(H,19,22). The van der Waals surface area contributed by atoms with Gasteiger partial charge >= 0.3 is 0 Å². The number of hydrogen-bond donors (Lipinski definition) is 2. The van der Waals surface area contributed by atoms with Crippen molar-refractivity contribution >= 4 is 17.2 Å². The summed E-state index contributed by atoms with van der Waals surface area (Å²) in [5, 5.41) is 14.9. The molecule has 0 spiro atoms. The van der Waals surface area contributed by atoms with E-state index in [0.717, 1.165) is 24.2 Å². The zero-order valence-corrected chi connectivity index (χ0v) is 14.3. The maximum atomic E-state index is 12.5. The molecule has 128 valence electrons. The van der Waals surface area contributed by atoms with Crippen molar-refractivity contribution in [3.63, 3.8) is 0 Å². The van der Waals surface area contributed by atoms with E-state index in [0.29, 0.717) is 24.6 Å². The lowest BCUT2D eigenvalue weighted by Crippen LogP contribution is -2.44. The van der Waals surface area contributed by atoms with Gasteiger partial charge in [-0.1, -0.05) is 30.3 Å². The van der Waals surface area contributed by atoms with Crippen molar-refractivity contribution in [1.29, 1.82) is 0 Å². The van der Waals surface area contributed by atoms with E-state index in [-0.39, 0.29) is 12.5 Å². The summed E-state index contributed by atoms with van der Waals surface area (Å²) in [6, 6.07) is 11.8. The second kappa shape index (κ2) is 8.39. The summed E-state index contributed by atoms with van der Waals surface area (Å²) in [6.45, 7) is 3.87. The Morgan fingerprint density at radius 3 is 2.75 bits per heavy atom. The maximum Gasteiger partial charge on any atom is 0.262 e. The number of aliphatic hydroxyl groups is 1. The number of thiophene rings is 1. The van der Waals surface area contributed by atoms with Crippen LogP contribution in [0.2, 0.25) is 0 Å². The Hall–Kier alpha value is -1.73. The third-order valence-corrected chi connectivity index (χ3v) is 4.94. The van der Waals surface area contributed by atoms with Gasteiger partial charge in [-0.25, -0.2) is 0 Å². The number of hydrogen-bond acceptors (Lipinski definition) is 5. The Labute approximate surface area is 145 Å².